The van der Waals surface area contributed by atoms with E-state index in [1.165, 1.54) is 4.90 Å². The summed E-state index contributed by atoms with van der Waals surface area (Å²) in [4.78, 5) is 38.0. The number of carboxylic acid groups (broad SMARTS) is 1. The van der Waals surface area contributed by atoms with E-state index in [1.54, 1.807) is 36.0 Å². The number of carboxylic acids is 1. The maximum Gasteiger partial charge on any atom is 0.326 e. The maximum absolute atomic E-state index is 12.8. The van der Waals surface area contributed by atoms with Gasteiger partial charge in [-0.1, -0.05) is 19.4 Å². The molecule has 1 aliphatic rings. The van der Waals surface area contributed by atoms with Crippen molar-refractivity contribution in [2.24, 2.45) is 0 Å². The molecule has 0 aromatic heterocycles. The molecule has 6 nitrogen and oxygen atoms in total. The van der Waals surface area contributed by atoms with E-state index in [1.807, 2.05) is 6.92 Å². The second kappa shape index (κ2) is 10.3. The zero-order valence-electron chi connectivity index (χ0n) is 15.9. The second-order valence-corrected chi connectivity index (χ2v) is 8.23. The average molecular weight is 393 g/mol. The van der Waals surface area contributed by atoms with Gasteiger partial charge in [-0.3, -0.25) is 9.59 Å². The molecule has 2 rings (SSSR count). The van der Waals surface area contributed by atoms with Crippen LogP contribution < -0.4 is 5.32 Å². The van der Waals surface area contributed by atoms with Crippen LogP contribution in [0.25, 0.3) is 0 Å². The van der Waals surface area contributed by atoms with Gasteiger partial charge in [0.25, 0.3) is 5.91 Å². The van der Waals surface area contributed by atoms with Gasteiger partial charge in [-0.15, -0.1) is 11.8 Å². The summed E-state index contributed by atoms with van der Waals surface area (Å²) < 4.78 is 0. The average Bonchev–Trinajstić information content (AvgIpc) is 2.67. The first-order valence-electron chi connectivity index (χ1n) is 9.50. The third kappa shape index (κ3) is 5.99. The van der Waals surface area contributed by atoms with Crippen LogP contribution in [0.4, 0.5) is 5.69 Å². The summed E-state index contributed by atoms with van der Waals surface area (Å²) >= 11 is 1.61. The Morgan fingerprint density at radius 3 is 2.81 bits per heavy atom. The lowest BCUT2D eigenvalue weighted by molar-refractivity contribution is -0.143. The summed E-state index contributed by atoms with van der Waals surface area (Å²) in [6, 6.07) is 5.95. The SMILES string of the molecule is CCCCSC(C)C(=O)Nc1cccc(C(=O)N2CCCCC2C(=O)O)c1. The Morgan fingerprint density at radius 1 is 1.33 bits per heavy atom. The lowest BCUT2D eigenvalue weighted by Gasteiger charge is -2.33. The number of nitrogens with one attached hydrogen (secondary N) is 1. The minimum Gasteiger partial charge on any atom is -0.480 e. The van der Waals surface area contributed by atoms with Crippen molar-refractivity contribution < 1.29 is 19.5 Å². The Morgan fingerprint density at radius 2 is 2.11 bits per heavy atom. The van der Waals surface area contributed by atoms with E-state index < -0.39 is 12.0 Å². The van der Waals surface area contributed by atoms with E-state index in [0.717, 1.165) is 31.4 Å². The van der Waals surface area contributed by atoms with Crippen molar-refractivity contribution in [2.45, 2.75) is 57.2 Å². The Labute approximate surface area is 164 Å². The number of aliphatic carboxylic acids is 1. The molecule has 1 aliphatic heterocycles. The number of anilines is 1. The van der Waals surface area contributed by atoms with Crippen molar-refractivity contribution in [1.82, 2.24) is 4.90 Å². The highest BCUT2D eigenvalue weighted by Gasteiger charge is 2.32. The zero-order valence-corrected chi connectivity index (χ0v) is 16.8. The number of hydrogen-bond donors (Lipinski definition) is 2. The molecule has 7 heteroatoms. The normalized spacial score (nSPS) is 18.0. The van der Waals surface area contributed by atoms with Crippen LogP contribution in [0.2, 0.25) is 0 Å². The van der Waals surface area contributed by atoms with E-state index in [-0.39, 0.29) is 17.1 Å². The quantitative estimate of drug-likeness (QED) is 0.660. The number of carbonyl (C=O) groups is 3. The Bertz CT molecular complexity index is 680. The number of thioether (sulfide) groups is 1. The minimum atomic E-state index is -0.967. The van der Waals surface area contributed by atoms with Crippen LogP contribution in [-0.4, -0.2) is 51.4 Å². The molecule has 0 radical (unpaired) electrons. The summed E-state index contributed by atoms with van der Waals surface area (Å²) in [6.07, 6.45) is 4.26. The summed E-state index contributed by atoms with van der Waals surface area (Å²) in [6.45, 7) is 4.43. The molecule has 0 bridgehead atoms. The maximum atomic E-state index is 12.8. The van der Waals surface area contributed by atoms with Crippen molar-refractivity contribution in [1.29, 1.82) is 0 Å². The van der Waals surface area contributed by atoms with Crippen LogP contribution in [0.15, 0.2) is 24.3 Å². The fourth-order valence-corrected chi connectivity index (χ4v) is 4.07. The van der Waals surface area contributed by atoms with Crippen molar-refractivity contribution >= 4 is 35.2 Å². The van der Waals surface area contributed by atoms with E-state index in [0.29, 0.717) is 24.2 Å². The number of nitrogens with zero attached hydrogens (tertiary/aromatic N) is 1. The molecule has 1 heterocycles. The molecule has 2 atom stereocenters. The van der Waals surface area contributed by atoms with E-state index in [2.05, 4.69) is 12.2 Å². The molecule has 1 aromatic rings. The smallest absolute Gasteiger partial charge is 0.326 e. The molecular formula is C20H28N2O4S. The van der Waals surface area contributed by atoms with Crippen LogP contribution in [0.3, 0.4) is 0 Å². The second-order valence-electron chi connectivity index (χ2n) is 6.78. The molecule has 0 spiro atoms. The predicted molar refractivity (Wildman–Crippen MR) is 108 cm³/mol. The first-order chi connectivity index (χ1) is 12.9. The van der Waals surface area contributed by atoms with Crippen molar-refractivity contribution in [2.75, 3.05) is 17.6 Å². The van der Waals surface area contributed by atoms with Gasteiger partial charge in [0.15, 0.2) is 0 Å². The van der Waals surface area contributed by atoms with E-state index >= 15 is 0 Å². The van der Waals surface area contributed by atoms with E-state index in [4.69, 9.17) is 0 Å². The molecule has 148 valence electrons. The lowest BCUT2D eigenvalue weighted by atomic mass is 10.0. The number of carbonyl (C=O) groups excluding carboxylic acids is 2. The molecule has 1 aromatic carbocycles. The summed E-state index contributed by atoms with van der Waals surface area (Å²) in [5.41, 5.74) is 0.949. The van der Waals surface area contributed by atoms with Gasteiger partial charge in [-0.25, -0.2) is 4.79 Å². The highest BCUT2D eigenvalue weighted by Crippen LogP contribution is 2.22. The standard InChI is InChI=1S/C20H28N2O4S/c1-3-4-12-27-14(2)18(23)21-16-9-7-8-15(13-16)19(24)22-11-6-5-10-17(22)20(25)26/h7-9,13-14,17H,3-6,10-12H2,1-2H3,(H,21,23)(H,25,26). The van der Waals surface area contributed by atoms with Gasteiger partial charge in [0.05, 0.1) is 5.25 Å². The van der Waals surface area contributed by atoms with Gasteiger partial charge in [0.2, 0.25) is 5.91 Å². The van der Waals surface area contributed by atoms with Crippen LogP contribution in [-0.2, 0) is 9.59 Å². The Hall–Kier alpha value is -2.02. The van der Waals surface area contributed by atoms with Gasteiger partial charge in [0.1, 0.15) is 6.04 Å². The van der Waals surface area contributed by atoms with Crippen molar-refractivity contribution in [3.05, 3.63) is 29.8 Å². The summed E-state index contributed by atoms with van der Waals surface area (Å²) in [5.74, 6) is -0.425. The predicted octanol–water partition coefficient (Wildman–Crippen LogP) is 3.63. The number of piperidine rings is 1. The van der Waals surface area contributed by atoms with Crippen molar-refractivity contribution in [3.63, 3.8) is 0 Å². The number of hydrogen-bond acceptors (Lipinski definition) is 4. The lowest BCUT2D eigenvalue weighted by Crippen LogP contribution is -2.48. The molecule has 1 saturated heterocycles. The minimum absolute atomic E-state index is 0.0953. The van der Waals surface area contributed by atoms with Gasteiger partial charge in [0, 0.05) is 17.8 Å². The van der Waals surface area contributed by atoms with Gasteiger partial charge in [-0.05, 0) is 56.6 Å². The fourth-order valence-electron chi connectivity index (χ4n) is 3.05. The van der Waals surface area contributed by atoms with E-state index in [9.17, 15) is 19.5 Å². The number of benzene rings is 1. The number of rotatable bonds is 8. The first kappa shape index (κ1) is 21.3. The number of amides is 2. The molecule has 1 fully saturated rings. The summed E-state index contributed by atoms with van der Waals surface area (Å²) in [7, 11) is 0. The topological polar surface area (TPSA) is 86.7 Å². The Balaban J connectivity index is 2.04. The van der Waals surface area contributed by atoms with Crippen LogP contribution >= 0.6 is 11.8 Å². The number of likely N-dealkylation sites (tertiary alicyclic amines) is 1. The molecule has 0 saturated carbocycles. The zero-order chi connectivity index (χ0) is 19.8. The number of unbranched alkanes of at least 4 members (excludes halogenated alkanes) is 1. The highest BCUT2D eigenvalue weighted by atomic mass is 32.2. The Kier molecular flexibility index (Phi) is 8.16. The first-order valence-corrected chi connectivity index (χ1v) is 10.5. The molecule has 0 aliphatic carbocycles. The molecule has 27 heavy (non-hydrogen) atoms. The van der Waals surface area contributed by atoms with Crippen LogP contribution in [0, 0.1) is 0 Å². The van der Waals surface area contributed by atoms with Crippen LogP contribution in [0.5, 0.6) is 0 Å². The van der Waals surface area contributed by atoms with Crippen molar-refractivity contribution in [3.8, 4) is 0 Å². The third-order valence-corrected chi connectivity index (χ3v) is 5.90. The third-order valence-electron chi connectivity index (χ3n) is 4.66. The molecule has 2 unspecified atom stereocenters. The largest absolute Gasteiger partial charge is 0.480 e. The molecule has 2 amide bonds. The fraction of sp³-hybridized carbons (Fsp3) is 0.550. The van der Waals surface area contributed by atoms with Gasteiger partial charge < -0.3 is 15.3 Å². The monoisotopic (exact) mass is 392 g/mol. The van der Waals surface area contributed by atoms with Gasteiger partial charge in [-0.2, -0.15) is 0 Å². The van der Waals surface area contributed by atoms with Crippen LogP contribution in [0.1, 0.15) is 56.3 Å². The highest BCUT2D eigenvalue weighted by molar-refractivity contribution is 8.00. The summed E-state index contributed by atoms with van der Waals surface area (Å²) in [5, 5.41) is 12.1. The molecule has 2 N–H and O–H groups in total. The molecular weight excluding hydrogens is 364 g/mol. The van der Waals surface area contributed by atoms with Gasteiger partial charge >= 0.3 is 5.97 Å².